The van der Waals surface area contributed by atoms with Crippen LogP contribution in [0.15, 0.2) is 24.3 Å². The van der Waals surface area contributed by atoms with Gasteiger partial charge in [-0.25, -0.2) is 4.79 Å². The van der Waals surface area contributed by atoms with Crippen molar-refractivity contribution < 1.29 is 19.1 Å². The molecule has 1 aliphatic carbocycles. The molecule has 0 aromatic heterocycles. The van der Waals surface area contributed by atoms with Crippen LogP contribution in [0.5, 0.6) is 0 Å². The van der Waals surface area contributed by atoms with Crippen LogP contribution in [-0.2, 0) is 19.1 Å². The van der Waals surface area contributed by atoms with Crippen molar-refractivity contribution in [2.75, 3.05) is 6.61 Å². The highest BCUT2D eigenvalue weighted by Gasteiger charge is 2.51. The summed E-state index contributed by atoms with van der Waals surface area (Å²) in [5.74, 6) is -0.417. The van der Waals surface area contributed by atoms with Crippen LogP contribution < -0.4 is 0 Å². The van der Waals surface area contributed by atoms with Gasteiger partial charge in [-0.1, -0.05) is 32.4 Å². The third-order valence-electron chi connectivity index (χ3n) is 5.69. The third-order valence-corrected chi connectivity index (χ3v) is 5.69. The summed E-state index contributed by atoms with van der Waals surface area (Å²) in [4.78, 5) is 34.9. The Balaban J connectivity index is 2.33. The van der Waals surface area contributed by atoms with E-state index in [9.17, 15) is 14.4 Å². The Morgan fingerprint density at radius 2 is 2.08 bits per heavy atom. The second-order valence-corrected chi connectivity index (χ2v) is 7.93. The van der Waals surface area contributed by atoms with Crippen LogP contribution in [0.4, 0.5) is 0 Å². The van der Waals surface area contributed by atoms with Crippen molar-refractivity contribution in [2.24, 2.45) is 22.7 Å². The molecule has 132 valence electrons. The first-order valence-electron chi connectivity index (χ1n) is 8.77. The molecule has 2 aliphatic rings. The van der Waals surface area contributed by atoms with Crippen LogP contribution in [0.2, 0.25) is 0 Å². The highest BCUT2D eigenvalue weighted by Crippen LogP contribution is 2.53. The SMILES string of the molecule is C=CCC(CC=O)CC1=CC2(CCCC(C)(C)C2C=O)COC1=O. The smallest absolute Gasteiger partial charge is 0.333 e. The van der Waals surface area contributed by atoms with Gasteiger partial charge in [0.1, 0.15) is 19.2 Å². The molecule has 0 amide bonds. The number of ether oxygens (including phenoxy) is 1. The predicted octanol–water partition coefficient (Wildman–Crippen LogP) is 3.65. The van der Waals surface area contributed by atoms with Gasteiger partial charge in [-0.2, -0.15) is 0 Å². The molecule has 4 heteroatoms. The van der Waals surface area contributed by atoms with Crippen LogP contribution in [-0.4, -0.2) is 25.1 Å². The van der Waals surface area contributed by atoms with Gasteiger partial charge in [0.25, 0.3) is 0 Å². The number of rotatable bonds is 7. The van der Waals surface area contributed by atoms with Crippen LogP contribution in [0.1, 0.15) is 52.4 Å². The number of esters is 1. The maximum absolute atomic E-state index is 12.2. The summed E-state index contributed by atoms with van der Waals surface area (Å²) in [5, 5.41) is 0. The summed E-state index contributed by atoms with van der Waals surface area (Å²) in [7, 11) is 0. The normalized spacial score (nSPS) is 30.2. The van der Waals surface area contributed by atoms with Gasteiger partial charge in [0.15, 0.2) is 0 Å². The number of aldehydes is 2. The largest absolute Gasteiger partial charge is 0.461 e. The molecule has 0 N–H and O–H groups in total. The molecule has 1 fully saturated rings. The maximum atomic E-state index is 12.2. The van der Waals surface area contributed by atoms with E-state index in [1.54, 1.807) is 6.08 Å². The van der Waals surface area contributed by atoms with Crippen molar-refractivity contribution in [3.8, 4) is 0 Å². The van der Waals surface area contributed by atoms with E-state index >= 15 is 0 Å². The van der Waals surface area contributed by atoms with Gasteiger partial charge in [-0.3, -0.25) is 0 Å². The number of hydrogen-bond donors (Lipinski definition) is 0. The first-order valence-corrected chi connectivity index (χ1v) is 8.77. The van der Waals surface area contributed by atoms with Gasteiger partial charge in [0, 0.05) is 23.3 Å². The maximum Gasteiger partial charge on any atom is 0.333 e. The van der Waals surface area contributed by atoms with Gasteiger partial charge in [-0.15, -0.1) is 6.58 Å². The lowest BCUT2D eigenvalue weighted by molar-refractivity contribution is -0.151. The summed E-state index contributed by atoms with van der Waals surface area (Å²) in [6.45, 7) is 8.23. The summed E-state index contributed by atoms with van der Waals surface area (Å²) >= 11 is 0. The molecule has 1 heterocycles. The zero-order valence-corrected chi connectivity index (χ0v) is 14.8. The van der Waals surface area contributed by atoms with Gasteiger partial charge in [-0.05, 0) is 37.0 Å². The van der Waals surface area contributed by atoms with Gasteiger partial charge in [0.2, 0.25) is 0 Å². The molecule has 1 saturated carbocycles. The highest BCUT2D eigenvalue weighted by atomic mass is 16.5. The van der Waals surface area contributed by atoms with E-state index in [0.29, 0.717) is 24.8 Å². The van der Waals surface area contributed by atoms with E-state index < -0.39 is 5.41 Å². The predicted molar refractivity (Wildman–Crippen MR) is 92.3 cm³/mol. The second kappa shape index (κ2) is 7.45. The molecule has 0 aromatic rings. The molecule has 3 atom stereocenters. The molecule has 2 rings (SSSR count). The van der Waals surface area contributed by atoms with Crippen molar-refractivity contribution >= 4 is 18.5 Å². The zero-order valence-electron chi connectivity index (χ0n) is 14.8. The van der Waals surface area contributed by atoms with E-state index in [1.165, 1.54) is 0 Å². The fourth-order valence-electron chi connectivity index (χ4n) is 4.43. The van der Waals surface area contributed by atoms with Crippen LogP contribution in [0.25, 0.3) is 0 Å². The van der Waals surface area contributed by atoms with Crippen molar-refractivity contribution in [3.05, 3.63) is 24.3 Å². The summed E-state index contributed by atoms with van der Waals surface area (Å²) in [6.07, 6.45) is 10.1. The molecule has 24 heavy (non-hydrogen) atoms. The van der Waals surface area contributed by atoms with E-state index in [-0.39, 0.29) is 29.8 Å². The fraction of sp³-hybridized carbons (Fsp3) is 0.650. The topological polar surface area (TPSA) is 60.4 Å². The summed E-state index contributed by atoms with van der Waals surface area (Å²) in [6, 6.07) is 0. The Labute approximate surface area is 144 Å². The van der Waals surface area contributed by atoms with Crippen molar-refractivity contribution in [1.82, 2.24) is 0 Å². The minimum atomic E-state index is -0.396. The Bertz CT molecular complexity index is 536. The fourth-order valence-corrected chi connectivity index (χ4v) is 4.43. The lowest BCUT2D eigenvalue weighted by Crippen LogP contribution is -2.48. The average Bonchev–Trinajstić information content (AvgIpc) is 2.51. The molecule has 0 bridgehead atoms. The number of cyclic esters (lactones) is 1. The lowest BCUT2D eigenvalue weighted by Gasteiger charge is -2.49. The minimum absolute atomic E-state index is 0.0558. The van der Waals surface area contributed by atoms with Crippen LogP contribution in [0.3, 0.4) is 0 Å². The quantitative estimate of drug-likeness (QED) is 0.405. The van der Waals surface area contributed by atoms with Gasteiger partial charge < -0.3 is 14.3 Å². The molecule has 0 aromatic carbocycles. The first-order chi connectivity index (χ1) is 11.4. The summed E-state index contributed by atoms with van der Waals surface area (Å²) < 4.78 is 5.49. The molecule has 0 radical (unpaired) electrons. The number of carbonyl (C=O) groups excluding carboxylic acids is 3. The minimum Gasteiger partial charge on any atom is -0.461 e. The zero-order chi connectivity index (χ0) is 17.8. The van der Waals surface area contributed by atoms with E-state index in [1.807, 2.05) is 6.08 Å². The second-order valence-electron chi connectivity index (χ2n) is 7.93. The Kier molecular flexibility index (Phi) is 5.79. The molecule has 1 spiro atoms. The van der Waals surface area contributed by atoms with Gasteiger partial charge in [0.05, 0.1) is 0 Å². The molecular formula is C20H28O4. The van der Waals surface area contributed by atoms with E-state index in [4.69, 9.17) is 4.74 Å². The highest BCUT2D eigenvalue weighted by molar-refractivity contribution is 5.89. The van der Waals surface area contributed by atoms with Crippen molar-refractivity contribution in [3.63, 3.8) is 0 Å². The molecule has 1 aliphatic heterocycles. The number of hydrogen-bond acceptors (Lipinski definition) is 4. The number of carbonyl (C=O) groups is 3. The van der Waals surface area contributed by atoms with E-state index in [0.717, 1.165) is 31.8 Å². The summed E-state index contributed by atoms with van der Waals surface area (Å²) in [5.41, 5.74) is 0.112. The van der Waals surface area contributed by atoms with E-state index in [2.05, 4.69) is 20.4 Å². The standard InChI is InChI=1S/C20H28O4/c1-4-6-15(7-10-21)11-16-12-20(14-24-18(16)23)9-5-8-19(2,3)17(20)13-22/h4,10,12-13,15,17H,1,5-9,11,14H2,2-3H3. The Morgan fingerprint density at radius 3 is 2.71 bits per heavy atom. The first kappa shape index (κ1) is 18.6. The number of allylic oxidation sites excluding steroid dienone is 1. The van der Waals surface area contributed by atoms with Crippen molar-refractivity contribution in [1.29, 1.82) is 0 Å². The van der Waals surface area contributed by atoms with Crippen LogP contribution in [0, 0.1) is 22.7 Å². The molecule has 0 saturated heterocycles. The molecule has 3 unspecified atom stereocenters. The molecule has 4 nitrogen and oxygen atoms in total. The van der Waals surface area contributed by atoms with Gasteiger partial charge >= 0.3 is 5.97 Å². The Hall–Kier alpha value is -1.71. The Morgan fingerprint density at radius 1 is 1.33 bits per heavy atom. The van der Waals surface area contributed by atoms with Crippen LogP contribution >= 0.6 is 0 Å². The van der Waals surface area contributed by atoms with Crippen molar-refractivity contribution in [2.45, 2.75) is 52.4 Å². The monoisotopic (exact) mass is 332 g/mol. The third kappa shape index (κ3) is 3.68. The average molecular weight is 332 g/mol. The molecular weight excluding hydrogens is 304 g/mol. The lowest BCUT2D eigenvalue weighted by atomic mass is 9.55.